The fourth-order valence-electron chi connectivity index (χ4n) is 2.12. The van der Waals surface area contributed by atoms with Crippen LogP contribution in [-0.4, -0.2) is 31.3 Å². The largest absolute Gasteiger partial charge is 0.482 e. The molecule has 0 radical (unpaired) electrons. The highest BCUT2D eigenvalue weighted by molar-refractivity contribution is 6.32. The van der Waals surface area contributed by atoms with E-state index >= 15 is 0 Å². The summed E-state index contributed by atoms with van der Waals surface area (Å²) in [5, 5.41) is 2.96. The van der Waals surface area contributed by atoms with Crippen LogP contribution in [0.15, 0.2) is 18.2 Å². The van der Waals surface area contributed by atoms with Gasteiger partial charge >= 0.3 is 0 Å². The maximum Gasteiger partial charge on any atom is 0.258 e. The molecule has 1 N–H and O–H groups in total. The molecule has 4 nitrogen and oxygen atoms in total. The number of amides is 1. The molecule has 110 valence electrons. The van der Waals surface area contributed by atoms with Gasteiger partial charge in [-0.25, -0.2) is 4.39 Å². The first-order valence-electron chi connectivity index (χ1n) is 6.55. The molecule has 1 aromatic carbocycles. The van der Waals surface area contributed by atoms with Crippen molar-refractivity contribution in [2.24, 2.45) is 0 Å². The van der Waals surface area contributed by atoms with Gasteiger partial charge in [0.25, 0.3) is 5.91 Å². The number of hydrogen-bond acceptors (Lipinski definition) is 3. The van der Waals surface area contributed by atoms with Crippen molar-refractivity contribution in [2.45, 2.75) is 31.9 Å². The average molecular weight is 302 g/mol. The predicted octanol–water partition coefficient (Wildman–Crippen LogP) is 2.54. The van der Waals surface area contributed by atoms with Crippen LogP contribution in [0.25, 0.3) is 0 Å². The van der Waals surface area contributed by atoms with Crippen molar-refractivity contribution >= 4 is 17.5 Å². The Kier molecular flexibility index (Phi) is 5.20. The molecule has 0 saturated carbocycles. The van der Waals surface area contributed by atoms with Crippen molar-refractivity contribution in [1.29, 1.82) is 0 Å². The lowest BCUT2D eigenvalue weighted by molar-refractivity contribution is -0.124. The van der Waals surface area contributed by atoms with E-state index in [1.165, 1.54) is 12.1 Å². The Morgan fingerprint density at radius 1 is 1.65 bits per heavy atom. The number of carbonyl (C=O) groups excluding carboxylic acids is 1. The highest BCUT2D eigenvalue weighted by Crippen LogP contribution is 2.24. The van der Waals surface area contributed by atoms with Crippen LogP contribution in [0.2, 0.25) is 5.02 Å². The fourth-order valence-corrected chi connectivity index (χ4v) is 2.34. The van der Waals surface area contributed by atoms with Gasteiger partial charge in [0.1, 0.15) is 11.6 Å². The van der Waals surface area contributed by atoms with Crippen molar-refractivity contribution in [1.82, 2.24) is 5.32 Å². The molecular formula is C14H17ClFNO3. The molecule has 0 aromatic heterocycles. The summed E-state index contributed by atoms with van der Waals surface area (Å²) < 4.78 is 23.6. The van der Waals surface area contributed by atoms with Crippen LogP contribution in [0.1, 0.15) is 19.8 Å². The van der Waals surface area contributed by atoms with Crippen molar-refractivity contribution in [2.75, 3.05) is 13.2 Å². The van der Waals surface area contributed by atoms with Crippen LogP contribution >= 0.6 is 11.6 Å². The molecule has 1 aliphatic heterocycles. The minimum atomic E-state index is -0.446. The Bertz CT molecular complexity index is 477. The Labute approximate surface area is 122 Å². The maximum atomic E-state index is 12.9. The van der Waals surface area contributed by atoms with Crippen LogP contribution in [0.4, 0.5) is 4.39 Å². The third-order valence-electron chi connectivity index (χ3n) is 3.16. The summed E-state index contributed by atoms with van der Waals surface area (Å²) in [4.78, 5) is 11.8. The number of carbonyl (C=O) groups is 1. The molecule has 0 spiro atoms. The van der Waals surface area contributed by atoms with Gasteiger partial charge in [0.05, 0.1) is 17.2 Å². The van der Waals surface area contributed by atoms with Crippen molar-refractivity contribution in [3.8, 4) is 5.75 Å². The zero-order valence-corrected chi connectivity index (χ0v) is 12.0. The molecule has 2 atom stereocenters. The molecule has 0 bridgehead atoms. The minimum Gasteiger partial charge on any atom is -0.482 e. The zero-order chi connectivity index (χ0) is 14.5. The first-order valence-corrected chi connectivity index (χ1v) is 6.93. The van der Waals surface area contributed by atoms with E-state index in [-0.39, 0.29) is 35.4 Å². The number of rotatable bonds is 5. The standard InChI is InChI=1S/C14H17ClFNO3/c1-9(12-3-2-6-19-12)17-14(18)8-20-13-5-4-10(16)7-11(13)15/h4-5,7,9,12H,2-3,6,8H2,1H3,(H,17,18)/t9-,12+/m1/s1. The van der Waals surface area contributed by atoms with Gasteiger partial charge in [0.15, 0.2) is 6.61 Å². The SMILES string of the molecule is C[C@@H](NC(=O)COc1ccc(F)cc1Cl)[C@@H]1CCCO1. The smallest absolute Gasteiger partial charge is 0.258 e. The summed E-state index contributed by atoms with van der Waals surface area (Å²) in [5.41, 5.74) is 0. The van der Waals surface area contributed by atoms with Crippen molar-refractivity contribution < 1.29 is 18.7 Å². The molecule has 1 aliphatic rings. The predicted molar refractivity (Wildman–Crippen MR) is 73.5 cm³/mol. The lowest BCUT2D eigenvalue weighted by Gasteiger charge is -2.20. The second-order valence-corrected chi connectivity index (χ2v) is 5.18. The normalized spacial score (nSPS) is 19.6. The van der Waals surface area contributed by atoms with Crippen molar-refractivity contribution in [3.05, 3.63) is 29.0 Å². The zero-order valence-electron chi connectivity index (χ0n) is 11.2. The number of halogens is 2. The summed E-state index contributed by atoms with van der Waals surface area (Å²) in [6.45, 7) is 2.48. The van der Waals surface area contributed by atoms with E-state index in [2.05, 4.69) is 5.32 Å². The van der Waals surface area contributed by atoms with Gasteiger partial charge in [-0.1, -0.05) is 11.6 Å². The molecule has 1 amide bonds. The Balaban J connectivity index is 1.79. The van der Waals surface area contributed by atoms with Gasteiger partial charge < -0.3 is 14.8 Å². The topological polar surface area (TPSA) is 47.6 Å². The highest BCUT2D eigenvalue weighted by atomic mass is 35.5. The van der Waals surface area contributed by atoms with Crippen LogP contribution in [0.3, 0.4) is 0 Å². The highest BCUT2D eigenvalue weighted by Gasteiger charge is 2.23. The second-order valence-electron chi connectivity index (χ2n) is 4.77. The van der Waals surface area contributed by atoms with Gasteiger partial charge in [-0.05, 0) is 38.0 Å². The van der Waals surface area contributed by atoms with Crippen LogP contribution in [-0.2, 0) is 9.53 Å². The molecule has 1 fully saturated rings. The van der Waals surface area contributed by atoms with Crippen LogP contribution in [0, 0.1) is 5.82 Å². The molecular weight excluding hydrogens is 285 g/mol. The van der Waals surface area contributed by atoms with Crippen molar-refractivity contribution in [3.63, 3.8) is 0 Å². The third-order valence-corrected chi connectivity index (χ3v) is 3.46. The molecule has 0 unspecified atom stereocenters. The van der Waals surface area contributed by atoms with E-state index < -0.39 is 5.82 Å². The Morgan fingerprint density at radius 2 is 2.45 bits per heavy atom. The van der Waals surface area contributed by atoms with Gasteiger partial charge in [0.2, 0.25) is 0 Å². The van der Waals surface area contributed by atoms with E-state index in [9.17, 15) is 9.18 Å². The van der Waals surface area contributed by atoms with Gasteiger partial charge in [0, 0.05) is 6.61 Å². The number of ether oxygens (including phenoxy) is 2. The minimum absolute atomic E-state index is 0.0581. The number of benzene rings is 1. The summed E-state index contributed by atoms with van der Waals surface area (Å²) in [5.74, 6) is -0.416. The monoisotopic (exact) mass is 301 g/mol. The summed E-state index contributed by atoms with van der Waals surface area (Å²) >= 11 is 5.81. The van der Waals surface area contributed by atoms with Crippen LogP contribution < -0.4 is 10.1 Å². The summed E-state index contributed by atoms with van der Waals surface area (Å²) in [6, 6.07) is 3.71. The average Bonchev–Trinajstić information content (AvgIpc) is 2.91. The van der Waals surface area contributed by atoms with E-state index in [4.69, 9.17) is 21.1 Å². The molecule has 6 heteroatoms. The molecule has 1 aromatic rings. The number of hydrogen-bond donors (Lipinski definition) is 1. The molecule has 1 saturated heterocycles. The quantitative estimate of drug-likeness (QED) is 0.909. The van der Waals surface area contributed by atoms with Crippen LogP contribution in [0.5, 0.6) is 5.75 Å². The summed E-state index contributed by atoms with van der Waals surface area (Å²) in [6.07, 6.45) is 2.03. The van der Waals surface area contributed by atoms with E-state index in [0.29, 0.717) is 0 Å². The van der Waals surface area contributed by atoms with E-state index in [1.54, 1.807) is 0 Å². The third kappa shape index (κ3) is 4.08. The van der Waals surface area contributed by atoms with Gasteiger partial charge in [-0.15, -0.1) is 0 Å². The van der Waals surface area contributed by atoms with E-state index in [0.717, 1.165) is 25.5 Å². The van der Waals surface area contributed by atoms with Gasteiger partial charge in [-0.2, -0.15) is 0 Å². The fraction of sp³-hybridized carbons (Fsp3) is 0.500. The van der Waals surface area contributed by atoms with E-state index in [1.807, 2.05) is 6.92 Å². The lowest BCUT2D eigenvalue weighted by Crippen LogP contribution is -2.42. The lowest BCUT2D eigenvalue weighted by atomic mass is 10.1. The summed E-state index contributed by atoms with van der Waals surface area (Å²) in [7, 11) is 0. The van der Waals surface area contributed by atoms with Gasteiger partial charge in [-0.3, -0.25) is 4.79 Å². The Hall–Kier alpha value is -1.33. The number of nitrogens with one attached hydrogen (secondary N) is 1. The second kappa shape index (κ2) is 6.90. The molecule has 2 rings (SSSR count). The first-order chi connectivity index (χ1) is 9.56. The maximum absolute atomic E-state index is 12.9. The molecule has 20 heavy (non-hydrogen) atoms. The Morgan fingerprint density at radius 3 is 3.10 bits per heavy atom. The molecule has 0 aliphatic carbocycles. The molecule has 1 heterocycles. The first kappa shape index (κ1) is 15.1.